The molecule has 1 aliphatic heterocycles. The number of aryl methyl sites for hydroxylation is 1. The highest BCUT2D eigenvalue weighted by Crippen LogP contribution is 2.40. The lowest BCUT2D eigenvalue weighted by molar-refractivity contribution is -0.125. The first-order valence-corrected chi connectivity index (χ1v) is 9.70. The molecule has 2 atom stereocenters. The number of carbonyl (C=O) groups is 1. The van der Waals surface area contributed by atoms with Crippen LogP contribution in [0.15, 0.2) is 42.7 Å². The van der Waals surface area contributed by atoms with Gasteiger partial charge in [-0.15, -0.1) is 0 Å². The second-order valence-corrected chi connectivity index (χ2v) is 7.89. The molecular formula is C21H28N4O. The minimum absolute atomic E-state index is 0.0200. The van der Waals surface area contributed by atoms with Crippen molar-refractivity contribution in [3.05, 3.63) is 53.9 Å². The SMILES string of the molecule is Cn1cc([C@H]2CNC[C@@H]2C(=O)NCC2(c3ccccc3)CCCC2)cn1. The average molecular weight is 352 g/mol. The number of hydrogen-bond donors (Lipinski definition) is 2. The molecule has 1 saturated heterocycles. The maximum Gasteiger partial charge on any atom is 0.225 e. The predicted octanol–water partition coefficient (Wildman–Crippen LogP) is 2.35. The summed E-state index contributed by atoms with van der Waals surface area (Å²) in [6, 6.07) is 10.7. The predicted molar refractivity (Wildman–Crippen MR) is 102 cm³/mol. The van der Waals surface area contributed by atoms with E-state index in [2.05, 4.69) is 46.1 Å². The summed E-state index contributed by atoms with van der Waals surface area (Å²) in [5, 5.41) is 11.0. The lowest BCUT2D eigenvalue weighted by Gasteiger charge is -2.31. The van der Waals surface area contributed by atoms with Crippen LogP contribution in [0.2, 0.25) is 0 Å². The van der Waals surface area contributed by atoms with Gasteiger partial charge in [0.2, 0.25) is 5.91 Å². The highest BCUT2D eigenvalue weighted by Gasteiger charge is 2.38. The van der Waals surface area contributed by atoms with Crippen molar-refractivity contribution in [2.75, 3.05) is 19.6 Å². The van der Waals surface area contributed by atoms with Gasteiger partial charge in [-0.3, -0.25) is 9.48 Å². The molecule has 1 amide bonds. The van der Waals surface area contributed by atoms with E-state index >= 15 is 0 Å². The van der Waals surface area contributed by atoms with Crippen molar-refractivity contribution in [1.82, 2.24) is 20.4 Å². The molecule has 2 fully saturated rings. The van der Waals surface area contributed by atoms with Crippen molar-refractivity contribution in [2.24, 2.45) is 13.0 Å². The van der Waals surface area contributed by atoms with Crippen molar-refractivity contribution in [3.8, 4) is 0 Å². The van der Waals surface area contributed by atoms with Crippen LogP contribution in [0.4, 0.5) is 0 Å². The molecule has 26 heavy (non-hydrogen) atoms. The van der Waals surface area contributed by atoms with Gasteiger partial charge in [-0.05, 0) is 24.0 Å². The van der Waals surface area contributed by atoms with Gasteiger partial charge in [0, 0.05) is 44.2 Å². The normalized spacial score (nSPS) is 24.7. The molecule has 1 aromatic heterocycles. The quantitative estimate of drug-likeness (QED) is 0.868. The average Bonchev–Trinajstić information content (AvgIpc) is 3.41. The largest absolute Gasteiger partial charge is 0.355 e. The minimum atomic E-state index is -0.0200. The zero-order valence-electron chi connectivity index (χ0n) is 15.4. The van der Waals surface area contributed by atoms with Crippen LogP contribution in [-0.4, -0.2) is 35.3 Å². The molecular weight excluding hydrogens is 324 g/mol. The molecule has 0 bridgehead atoms. The van der Waals surface area contributed by atoms with E-state index in [-0.39, 0.29) is 23.2 Å². The van der Waals surface area contributed by atoms with Crippen molar-refractivity contribution in [1.29, 1.82) is 0 Å². The number of aromatic nitrogens is 2. The van der Waals surface area contributed by atoms with Gasteiger partial charge < -0.3 is 10.6 Å². The summed E-state index contributed by atoms with van der Waals surface area (Å²) in [5.74, 6) is 0.361. The minimum Gasteiger partial charge on any atom is -0.355 e. The van der Waals surface area contributed by atoms with Gasteiger partial charge in [0.1, 0.15) is 0 Å². The molecule has 0 spiro atoms. The number of amides is 1. The van der Waals surface area contributed by atoms with Crippen molar-refractivity contribution in [3.63, 3.8) is 0 Å². The van der Waals surface area contributed by atoms with Crippen LogP contribution in [0, 0.1) is 5.92 Å². The second kappa shape index (κ2) is 7.23. The lowest BCUT2D eigenvalue weighted by atomic mass is 9.78. The number of hydrogen-bond acceptors (Lipinski definition) is 3. The Bertz CT molecular complexity index is 748. The molecule has 138 valence electrons. The molecule has 2 N–H and O–H groups in total. The third-order valence-electron chi connectivity index (χ3n) is 6.25. The maximum atomic E-state index is 13.0. The third kappa shape index (κ3) is 3.28. The highest BCUT2D eigenvalue weighted by atomic mass is 16.1. The van der Waals surface area contributed by atoms with Gasteiger partial charge >= 0.3 is 0 Å². The maximum absolute atomic E-state index is 13.0. The van der Waals surface area contributed by atoms with E-state index < -0.39 is 0 Å². The standard InChI is InChI=1S/C21H28N4O/c1-25-14-16(11-24-25)18-12-22-13-19(18)20(26)23-15-21(9-5-6-10-21)17-7-3-2-4-8-17/h2-4,7-8,11,14,18-19,22H,5-6,9-10,12-13,15H2,1H3,(H,23,26)/t18-,19+/m1/s1. The Morgan fingerprint density at radius 2 is 2.04 bits per heavy atom. The van der Waals surface area contributed by atoms with E-state index in [0.717, 1.165) is 38.0 Å². The molecule has 5 heteroatoms. The lowest BCUT2D eigenvalue weighted by Crippen LogP contribution is -2.42. The molecule has 2 aromatic rings. The second-order valence-electron chi connectivity index (χ2n) is 7.89. The Hall–Kier alpha value is -2.14. The van der Waals surface area contributed by atoms with Crippen LogP contribution in [0.3, 0.4) is 0 Å². The van der Waals surface area contributed by atoms with Crippen LogP contribution in [0.5, 0.6) is 0 Å². The van der Waals surface area contributed by atoms with E-state index in [4.69, 9.17) is 0 Å². The van der Waals surface area contributed by atoms with Crippen LogP contribution in [0.25, 0.3) is 0 Å². The number of benzene rings is 1. The molecule has 1 aliphatic carbocycles. The van der Waals surface area contributed by atoms with Gasteiger partial charge in [0.15, 0.2) is 0 Å². The summed E-state index contributed by atoms with van der Waals surface area (Å²) < 4.78 is 1.81. The zero-order chi connectivity index (χ0) is 18.0. The Labute approximate surface area is 155 Å². The number of carbonyl (C=O) groups excluding carboxylic acids is 1. The summed E-state index contributed by atoms with van der Waals surface area (Å²) in [6.45, 7) is 2.32. The Morgan fingerprint density at radius 1 is 1.27 bits per heavy atom. The molecule has 2 heterocycles. The Morgan fingerprint density at radius 3 is 2.73 bits per heavy atom. The number of nitrogens with one attached hydrogen (secondary N) is 2. The van der Waals surface area contributed by atoms with Crippen molar-refractivity contribution < 1.29 is 4.79 Å². The van der Waals surface area contributed by atoms with Gasteiger partial charge in [-0.2, -0.15) is 5.10 Å². The molecule has 0 radical (unpaired) electrons. The molecule has 5 nitrogen and oxygen atoms in total. The molecule has 4 rings (SSSR count). The Kier molecular flexibility index (Phi) is 4.81. The monoisotopic (exact) mass is 352 g/mol. The van der Waals surface area contributed by atoms with Crippen molar-refractivity contribution in [2.45, 2.75) is 37.0 Å². The first-order chi connectivity index (χ1) is 12.7. The number of rotatable bonds is 5. The summed E-state index contributed by atoms with van der Waals surface area (Å²) in [7, 11) is 1.92. The van der Waals surface area contributed by atoms with Gasteiger partial charge in [-0.25, -0.2) is 0 Å². The van der Waals surface area contributed by atoms with E-state index in [0.29, 0.717) is 0 Å². The molecule has 1 aromatic carbocycles. The van der Waals surface area contributed by atoms with Crippen LogP contribution < -0.4 is 10.6 Å². The third-order valence-corrected chi connectivity index (χ3v) is 6.25. The first kappa shape index (κ1) is 17.3. The van der Waals surface area contributed by atoms with E-state index in [1.807, 2.05) is 24.1 Å². The number of nitrogens with zero attached hydrogens (tertiary/aromatic N) is 2. The zero-order valence-corrected chi connectivity index (χ0v) is 15.4. The summed E-state index contributed by atoms with van der Waals surface area (Å²) in [5.41, 5.74) is 2.62. The first-order valence-electron chi connectivity index (χ1n) is 9.70. The summed E-state index contributed by atoms with van der Waals surface area (Å²) in [4.78, 5) is 13.0. The molecule has 1 saturated carbocycles. The fraction of sp³-hybridized carbons (Fsp3) is 0.524. The highest BCUT2D eigenvalue weighted by molar-refractivity contribution is 5.80. The van der Waals surface area contributed by atoms with Gasteiger partial charge in [0.05, 0.1) is 12.1 Å². The fourth-order valence-corrected chi connectivity index (χ4v) is 4.73. The van der Waals surface area contributed by atoms with E-state index in [9.17, 15) is 4.79 Å². The van der Waals surface area contributed by atoms with Crippen LogP contribution >= 0.6 is 0 Å². The van der Waals surface area contributed by atoms with Crippen LogP contribution in [0.1, 0.15) is 42.7 Å². The molecule has 0 unspecified atom stereocenters. The Balaban J connectivity index is 1.45. The van der Waals surface area contributed by atoms with Crippen molar-refractivity contribution >= 4 is 5.91 Å². The van der Waals surface area contributed by atoms with Gasteiger partial charge in [-0.1, -0.05) is 43.2 Å². The van der Waals surface area contributed by atoms with Gasteiger partial charge in [0.25, 0.3) is 0 Å². The smallest absolute Gasteiger partial charge is 0.225 e. The molecule has 2 aliphatic rings. The summed E-state index contributed by atoms with van der Waals surface area (Å²) in [6.07, 6.45) is 8.72. The topological polar surface area (TPSA) is 59.0 Å². The van der Waals surface area contributed by atoms with E-state index in [1.54, 1.807) is 0 Å². The summed E-state index contributed by atoms with van der Waals surface area (Å²) >= 11 is 0. The van der Waals surface area contributed by atoms with Crippen LogP contribution in [-0.2, 0) is 17.3 Å². The van der Waals surface area contributed by atoms with E-state index in [1.165, 1.54) is 18.4 Å². The fourth-order valence-electron chi connectivity index (χ4n) is 4.73.